The van der Waals surface area contributed by atoms with Gasteiger partial charge in [-0.3, -0.25) is 4.79 Å². The normalized spacial score (nSPS) is 22.1. The number of carbonyl (C=O) groups excluding carboxylic acids is 1. The van der Waals surface area contributed by atoms with Gasteiger partial charge in [0.1, 0.15) is 0 Å². The maximum absolute atomic E-state index is 11.6. The van der Waals surface area contributed by atoms with Crippen LogP contribution in [0.25, 0.3) is 0 Å². The number of aliphatic hydroxyl groups is 1. The maximum atomic E-state index is 11.6. The highest BCUT2D eigenvalue weighted by molar-refractivity contribution is 8.02. The quantitative estimate of drug-likeness (QED) is 0.882. The molecule has 2 nitrogen and oxygen atoms in total. The third-order valence-corrected chi connectivity index (χ3v) is 3.69. The smallest absolute Gasteiger partial charge is 0.163 e. The number of benzene rings is 1. The zero-order valence-electron chi connectivity index (χ0n) is 8.47. The number of rotatable bonds is 2. The van der Waals surface area contributed by atoms with Gasteiger partial charge in [-0.2, -0.15) is 0 Å². The molecule has 0 aliphatic carbocycles. The molecule has 0 bridgehead atoms. The van der Waals surface area contributed by atoms with Crippen LogP contribution < -0.4 is 0 Å². The van der Waals surface area contributed by atoms with Crippen molar-refractivity contribution in [3.63, 3.8) is 0 Å². The van der Waals surface area contributed by atoms with Crippen molar-refractivity contribution in [2.75, 3.05) is 5.75 Å². The average Bonchev–Trinajstić information content (AvgIpc) is 2.30. The van der Waals surface area contributed by atoms with Gasteiger partial charge in [0.2, 0.25) is 0 Å². The van der Waals surface area contributed by atoms with E-state index in [9.17, 15) is 9.90 Å². The Bertz CT molecular complexity index is 414. The molecule has 1 aliphatic rings. The Hall–Kier alpha value is -0.770. The lowest BCUT2D eigenvalue weighted by Gasteiger charge is -2.22. The molecule has 0 amide bonds. The molecule has 1 aromatic carbocycles. The summed E-state index contributed by atoms with van der Waals surface area (Å²) < 4.78 is 0. The molecule has 0 unspecified atom stereocenters. The topological polar surface area (TPSA) is 37.3 Å². The maximum Gasteiger partial charge on any atom is 0.163 e. The predicted molar refractivity (Wildman–Crippen MR) is 66.5 cm³/mol. The second kappa shape index (κ2) is 5.04. The van der Waals surface area contributed by atoms with E-state index in [1.54, 1.807) is 41.4 Å². The summed E-state index contributed by atoms with van der Waals surface area (Å²) in [6.07, 6.45) is 0.778. The molecule has 0 radical (unpaired) electrons. The van der Waals surface area contributed by atoms with E-state index in [1.807, 2.05) is 0 Å². The van der Waals surface area contributed by atoms with Crippen molar-refractivity contribution < 1.29 is 9.90 Å². The van der Waals surface area contributed by atoms with E-state index < -0.39 is 6.10 Å². The monoisotopic (exact) mass is 254 g/mol. The minimum Gasteiger partial charge on any atom is -0.388 e. The van der Waals surface area contributed by atoms with Gasteiger partial charge in [0, 0.05) is 10.8 Å². The molecule has 1 aliphatic heterocycles. The molecule has 0 aromatic heterocycles. The van der Waals surface area contributed by atoms with Crippen LogP contribution in [0, 0.1) is 5.92 Å². The van der Waals surface area contributed by atoms with E-state index in [4.69, 9.17) is 11.6 Å². The van der Waals surface area contributed by atoms with E-state index in [0.717, 1.165) is 5.56 Å². The Balaban J connectivity index is 2.18. The Morgan fingerprint density at radius 2 is 2.06 bits per heavy atom. The summed E-state index contributed by atoms with van der Waals surface area (Å²) in [7, 11) is 0. The Morgan fingerprint density at radius 3 is 2.69 bits per heavy atom. The highest BCUT2D eigenvalue weighted by atomic mass is 35.5. The van der Waals surface area contributed by atoms with Crippen LogP contribution in [0.3, 0.4) is 0 Å². The van der Waals surface area contributed by atoms with Crippen LogP contribution in [-0.2, 0) is 4.79 Å². The predicted octanol–water partition coefficient (Wildman–Crippen LogP) is 2.82. The van der Waals surface area contributed by atoms with Crippen molar-refractivity contribution in [2.24, 2.45) is 5.92 Å². The van der Waals surface area contributed by atoms with Crippen LogP contribution in [0.4, 0.5) is 0 Å². The first-order chi connectivity index (χ1) is 7.68. The van der Waals surface area contributed by atoms with E-state index >= 15 is 0 Å². The molecule has 0 fully saturated rings. The lowest BCUT2D eigenvalue weighted by atomic mass is 9.93. The molecule has 4 heteroatoms. The highest BCUT2D eigenvalue weighted by Crippen LogP contribution is 2.30. The number of hydrogen-bond donors (Lipinski definition) is 1. The number of thioether (sulfide) groups is 1. The van der Waals surface area contributed by atoms with Gasteiger partial charge >= 0.3 is 0 Å². The Kier molecular flexibility index (Phi) is 3.69. The molecule has 1 aromatic rings. The standard InChI is InChI=1S/C12H11ClO2S/c13-9-3-1-8(2-4-9)12(15)10-7-16-6-5-11(10)14/h1-6,10,12,15H,7H2/t10-,12-/m0/s1. The van der Waals surface area contributed by atoms with E-state index in [-0.39, 0.29) is 11.7 Å². The minimum absolute atomic E-state index is 0.0128. The van der Waals surface area contributed by atoms with E-state index in [1.165, 1.54) is 6.08 Å². The first kappa shape index (κ1) is 11.7. The van der Waals surface area contributed by atoms with Gasteiger partial charge in [0.25, 0.3) is 0 Å². The van der Waals surface area contributed by atoms with Crippen molar-refractivity contribution in [1.82, 2.24) is 0 Å². The van der Waals surface area contributed by atoms with Crippen LogP contribution in [0.2, 0.25) is 5.02 Å². The number of carbonyl (C=O) groups is 1. The first-order valence-electron chi connectivity index (χ1n) is 4.94. The fourth-order valence-electron chi connectivity index (χ4n) is 1.62. The van der Waals surface area contributed by atoms with Gasteiger partial charge in [0.05, 0.1) is 12.0 Å². The summed E-state index contributed by atoms with van der Waals surface area (Å²) >= 11 is 7.31. The fraction of sp³-hybridized carbons (Fsp3) is 0.250. The Labute approximate surface area is 103 Å². The number of aliphatic hydroxyl groups excluding tert-OH is 1. The number of allylic oxidation sites excluding steroid dienone is 1. The average molecular weight is 255 g/mol. The molecular formula is C12H11ClO2S. The second-order valence-corrected chi connectivity index (χ2v) is 5.02. The lowest BCUT2D eigenvalue weighted by molar-refractivity contribution is -0.120. The van der Waals surface area contributed by atoms with Crippen LogP contribution in [-0.4, -0.2) is 16.6 Å². The second-order valence-electron chi connectivity index (χ2n) is 3.64. The van der Waals surface area contributed by atoms with Crippen molar-refractivity contribution >= 4 is 29.1 Å². The largest absolute Gasteiger partial charge is 0.388 e. The SMILES string of the molecule is O=C1C=CSC[C@@H]1[C@@H](O)c1ccc(Cl)cc1. The van der Waals surface area contributed by atoms with Crippen molar-refractivity contribution in [1.29, 1.82) is 0 Å². The van der Waals surface area contributed by atoms with Crippen LogP contribution in [0.5, 0.6) is 0 Å². The van der Waals surface area contributed by atoms with Gasteiger partial charge in [-0.25, -0.2) is 0 Å². The molecule has 16 heavy (non-hydrogen) atoms. The Morgan fingerprint density at radius 1 is 1.38 bits per heavy atom. The van der Waals surface area contributed by atoms with E-state index in [0.29, 0.717) is 10.8 Å². The molecular weight excluding hydrogens is 244 g/mol. The fourth-order valence-corrected chi connectivity index (χ4v) is 2.64. The molecule has 2 rings (SSSR count). The number of ketones is 1. The van der Waals surface area contributed by atoms with E-state index in [2.05, 4.69) is 0 Å². The summed E-state index contributed by atoms with van der Waals surface area (Å²) in [6.45, 7) is 0. The number of hydrogen-bond acceptors (Lipinski definition) is 3. The molecule has 1 N–H and O–H groups in total. The van der Waals surface area contributed by atoms with Gasteiger partial charge in [-0.05, 0) is 29.2 Å². The summed E-state index contributed by atoms with van der Waals surface area (Å²) in [5, 5.41) is 12.5. The molecule has 84 valence electrons. The van der Waals surface area contributed by atoms with Crippen molar-refractivity contribution in [2.45, 2.75) is 6.10 Å². The molecule has 0 saturated heterocycles. The summed E-state index contributed by atoms with van der Waals surface area (Å²) in [6, 6.07) is 6.94. The lowest BCUT2D eigenvalue weighted by Crippen LogP contribution is -2.24. The van der Waals surface area contributed by atoms with Crippen LogP contribution in [0.1, 0.15) is 11.7 Å². The highest BCUT2D eigenvalue weighted by Gasteiger charge is 2.27. The first-order valence-corrected chi connectivity index (χ1v) is 6.36. The summed E-state index contributed by atoms with van der Waals surface area (Å²) in [4.78, 5) is 11.6. The third kappa shape index (κ3) is 2.48. The zero-order chi connectivity index (χ0) is 11.5. The van der Waals surface area contributed by atoms with Gasteiger partial charge in [-0.1, -0.05) is 23.7 Å². The summed E-state index contributed by atoms with van der Waals surface area (Å²) in [5.74, 6) is 0.261. The number of halogens is 1. The zero-order valence-corrected chi connectivity index (χ0v) is 10.0. The molecule has 0 saturated carbocycles. The van der Waals surface area contributed by atoms with Crippen LogP contribution in [0.15, 0.2) is 35.7 Å². The van der Waals surface area contributed by atoms with Gasteiger partial charge in [-0.15, -0.1) is 11.8 Å². The van der Waals surface area contributed by atoms with Gasteiger partial charge in [0.15, 0.2) is 5.78 Å². The molecule has 0 spiro atoms. The molecule has 1 heterocycles. The minimum atomic E-state index is -0.748. The molecule has 2 atom stereocenters. The van der Waals surface area contributed by atoms with Crippen molar-refractivity contribution in [3.8, 4) is 0 Å². The summed E-state index contributed by atoms with van der Waals surface area (Å²) in [5.41, 5.74) is 0.735. The van der Waals surface area contributed by atoms with Crippen molar-refractivity contribution in [3.05, 3.63) is 46.3 Å². The van der Waals surface area contributed by atoms with Gasteiger partial charge < -0.3 is 5.11 Å². The van der Waals surface area contributed by atoms with Crippen LogP contribution >= 0.6 is 23.4 Å². The third-order valence-electron chi connectivity index (χ3n) is 2.56.